The molecule has 1 saturated carbocycles. The van der Waals surface area contributed by atoms with Crippen LogP contribution in [0.15, 0.2) is 6.07 Å². The minimum Gasteiger partial charge on any atom is -0.271 e. The van der Waals surface area contributed by atoms with Crippen molar-refractivity contribution in [2.24, 2.45) is 18.8 Å². The molecule has 1 heterocycles. The third kappa shape index (κ3) is 3.12. The lowest BCUT2D eigenvalue weighted by Gasteiger charge is -2.26. The van der Waals surface area contributed by atoms with E-state index in [1.165, 1.54) is 37.8 Å². The molecule has 1 fully saturated rings. The van der Waals surface area contributed by atoms with Gasteiger partial charge >= 0.3 is 0 Å². The van der Waals surface area contributed by atoms with Gasteiger partial charge in [0.2, 0.25) is 0 Å². The molecule has 18 heavy (non-hydrogen) atoms. The molecule has 4 heteroatoms. The van der Waals surface area contributed by atoms with E-state index in [4.69, 9.17) is 5.84 Å². The molecule has 1 aliphatic carbocycles. The first-order valence-corrected chi connectivity index (χ1v) is 7.23. The van der Waals surface area contributed by atoms with E-state index in [0.29, 0.717) is 0 Å². The van der Waals surface area contributed by atoms with E-state index >= 15 is 0 Å². The van der Waals surface area contributed by atoms with Gasteiger partial charge in [0.05, 0.1) is 17.4 Å². The highest BCUT2D eigenvalue weighted by molar-refractivity contribution is 5.14. The summed E-state index contributed by atoms with van der Waals surface area (Å²) < 4.78 is 1.98. The van der Waals surface area contributed by atoms with Crippen molar-refractivity contribution >= 4 is 0 Å². The fourth-order valence-corrected chi connectivity index (χ4v) is 3.07. The van der Waals surface area contributed by atoms with Gasteiger partial charge in [-0.3, -0.25) is 16.0 Å². The van der Waals surface area contributed by atoms with E-state index in [-0.39, 0.29) is 6.04 Å². The zero-order valence-corrected chi connectivity index (χ0v) is 11.7. The summed E-state index contributed by atoms with van der Waals surface area (Å²) >= 11 is 0. The van der Waals surface area contributed by atoms with Crippen LogP contribution in [0, 0.1) is 5.92 Å². The van der Waals surface area contributed by atoms with Crippen LogP contribution in [0.1, 0.15) is 62.9 Å². The Labute approximate surface area is 110 Å². The lowest BCUT2D eigenvalue weighted by molar-refractivity contribution is 0.295. The first-order chi connectivity index (χ1) is 8.74. The number of hydrazine groups is 1. The van der Waals surface area contributed by atoms with Gasteiger partial charge in [-0.15, -0.1) is 0 Å². The Morgan fingerprint density at radius 2 is 2.17 bits per heavy atom. The molecule has 1 aromatic rings. The van der Waals surface area contributed by atoms with Crippen LogP contribution in [-0.2, 0) is 13.5 Å². The molecule has 4 nitrogen and oxygen atoms in total. The number of nitrogens with two attached hydrogens (primary N) is 1. The molecule has 0 amide bonds. The Bertz CT molecular complexity index is 366. The van der Waals surface area contributed by atoms with Crippen molar-refractivity contribution in [3.63, 3.8) is 0 Å². The molecule has 0 bridgehead atoms. The van der Waals surface area contributed by atoms with Crippen LogP contribution in [0.25, 0.3) is 0 Å². The van der Waals surface area contributed by atoms with Crippen LogP contribution in [0.5, 0.6) is 0 Å². The quantitative estimate of drug-likeness (QED) is 0.623. The zero-order valence-electron chi connectivity index (χ0n) is 11.7. The van der Waals surface area contributed by atoms with Crippen molar-refractivity contribution < 1.29 is 0 Å². The molecule has 0 aliphatic heterocycles. The molecule has 102 valence electrons. The fourth-order valence-electron chi connectivity index (χ4n) is 3.07. The molecular weight excluding hydrogens is 224 g/mol. The van der Waals surface area contributed by atoms with E-state index in [9.17, 15) is 0 Å². The zero-order chi connectivity index (χ0) is 13.0. The SMILES string of the molecule is CCc1cc(C(CC2CCCCC2)NN)n(C)n1. The van der Waals surface area contributed by atoms with Crippen molar-refractivity contribution in [1.29, 1.82) is 0 Å². The number of hydrogen-bond acceptors (Lipinski definition) is 3. The number of rotatable bonds is 5. The number of aryl methyl sites for hydroxylation is 2. The summed E-state index contributed by atoms with van der Waals surface area (Å²) in [4.78, 5) is 0. The molecule has 0 radical (unpaired) electrons. The smallest absolute Gasteiger partial charge is 0.0631 e. The highest BCUT2D eigenvalue weighted by Gasteiger charge is 2.21. The van der Waals surface area contributed by atoms with Gasteiger partial charge in [-0.2, -0.15) is 5.10 Å². The predicted molar refractivity (Wildman–Crippen MR) is 73.8 cm³/mol. The van der Waals surface area contributed by atoms with Gasteiger partial charge in [0.25, 0.3) is 0 Å². The molecule has 0 saturated heterocycles. The summed E-state index contributed by atoms with van der Waals surface area (Å²) in [6, 6.07) is 2.43. The Morgan fingerprint density at radius 3 is 2.72 bits per heavy atom. The lowest BCUT2D eigenvalue weighted by atomic mass is 9.84. The summed E-state index contributed by atoms with van der Waals surface area (Å²) in [6.45, 7) is 2.14. The molecule has 1 aromatic heterocycles. The first-order valence-electron chi connectivity index (χ1n) is 7.23. The molecular formula is C14H26N4. The summed E-state index contributed by atoms with van der Waals surface area (Å²) in [6.07, 6.45) is 9.01. The van der Waals surface area contributed by atoms with Crippen LogP contribution in [0.2, 0.25) is 0 Å². The lowest BCUT2D eigenvalue weighted by Crippen LogP contribution is -2.31. The summed E-state index contributed by atoms with van der Waals surface area (Å²) in [5.74, 6) is 6.57. The predicted octanol–water partition coefficient (Wildman–Crippen LogP) is 2.46. The third-order valence-electron chi connectivity index (χ3n) is 4.18. The highest BCUT2D eigenvalue weighted by Crippen LogP contribution is 2.31. The minimum absolute atomic E-state index is 0.242. The molecule has 1 atom stereocenters. The van der Waals surface area contributed by atoms with Crippen molar-refractivity contribution in [3.8, 4) is 0 Å². The van der Waals surface area contributed by atoms with Gasteiger partial charge in [0.1, 0.15) is 0 Å². The van der Waals surface area contributed by atoms with E-state index < -0.39 is 0 Å². The van der Waals surface area contributed by atoms with Crippen LogP contribution < -0.4 is 11.3 Å². The van der Waals surface area contributed by atoms with Gasteiger partial charge in [0, 0.05) is 7.05 Å². The molecule has 1 unspecified atom stereocenters. The van der Waals surface area contributed by atoms with E-state index in [1.54, 1.807) is 0 Å². The fraction of sp³-hybridized carbons (Fsp3) is 0.786. The largest absolute Gasteiger partial charge is 0.271 e. The summed E-state index contributed by atoms with van der Waals surface area (Å²) in [7, 11) is 2.01. The average molecular weight is 250 g/mol. The third-order valence-corrected chi connectivity index (χ3v) is 4.18. The minimum atomic E-state index is 0.242. The standard InChI is InChI=1S/C14H26N4/c1-3-12-10-14(18(2)17-12)13(16-15)9-11-7-5-4-6-8-11/h10-11,13,16H,3-9,15H2,1-2H3. The van der Waals surface area contributed by atoms with Crippen LogP contribution in [0.3, 0.4) is 0 Å². The van der Waals surface area contributed by atoms with Gasteiger partial charge in [0.15, 0.2) is 0 Å². The molecule has 1 aliphatic rings. The maximum absolute atomic E-state index is 5.75. The van der Waals surface area contributed by atoms with Crippen molar-refractivity contribution in [1.82, 2.24) is 15.2 Å². The number of nitrogens with zero attached hydrogens (tertiary/aromatic N) is 2. The van der Waals surface area contributed by atoms with Crippen LogP contribution in [-0.4, -0.2) is 9.78 Å². The van der Waals surface area contributed by atoms with Crippen molar-refractivity contribution in [2.75, 3.05) is 0 Å². The average Bonchev–Trinajstić information content (AvgIpc) is 2.78. The number of aromatic nitrogens is 2. The number of hydrogen-bond donors (Lipinski definition) is 2. The van der Waals surface area contributed by atoms with Gasteiger partial charge in [-0.05, 0) is 24.8 Å². The van der Waals surface area contributed by atoms with Crippen LogP contribution >= 0.6 is 0 Å². The topological polar surface area (TPSA) is 55.9 Å². The second-order valence-electron chi connectivity index (χ2n) is 5.50. The monoisotopic (exact) mass is 250 g/mol. The van der Waals surface area contributed by atoms with Gasteiger partial charge in [-0.1, -0.05) is 39.0 Å². The highest BCUT2D eigenvalue weighted by atomic mass is 15.3. The molecule has 2 rings (SSSR count). The van der Waals surface area contributed by atoms with E-state index in [1.807, 2.05) is 11.7 Å². The Balaban J connectivity index is 2.04. The summed E-state index contributed by atoms with van der Waals surface area (Å²) in [5, 5.41) is 4.51. The first kappa shape index (κ1) is 13.6. The maximum atomic E-state index is 5.75. The summed E-state index contributed by atoms with van der Waals surface area (Å²) in [5.41, 5.74) is 5.35. The molecule has 0 aromatic carbocycles. The Morgan fingerprint density at radius 1 is 1.44 bits per heavy atom. The second kappa shape index (κ2) is 6.34. The maximum Gasteiger partial charge on any atom is 0.0631 e. The van der Waals surface area contributed by atoms with Gasteiger partial charge < -0.3 is 0 Å². The number of nitrogens with one attached hydrogen (secondary N) is 1. The second-order valence-corrected chi connectivity index (χ2v) is 5.50. The Kier molecular flexibility index (Phi) is 4.78. The normalized spacial score (nSPS) is 19.1. The van der Waals surface area contributed by atoms with E-state index in [2.05, 4.69) is 23.5 Å². The van der Waals surface area contributed by atoms with Crippen molar-refractivity contribution in [3.05, 3.63) is 17.5 Å². The van der Waals surface area contributed by atoms with Crippen LogP contribution in [0.4, 0.5) is 0 Å². The Hall–Kier alpha value is -0.870. The van der Waals surface area contributed by atoms with Gasteiger partial charge in [-0.25, -0.2) is 0 Å². The molecule has 0 spiro atoms. The van der Waals surface area contributed by atoms with Crippen molar-refractivity contribution in [2.45, 2.75) is 57.9 Å². The molecule has 3 N–H and O–H groups in total. The van der Waals surface area contributed by atoms with E-state index in [0.717, 1.165) is 24.5 Å².